The minimum atomic E-state index is 0.909. The van der Waals surface area contributed by atoms with Crippen LogP contribution in [0.5, 0.6) is 0 Å². The Morgan fingerprint density at radius 2 is 2.11 bits per heavy atom. The van der Waals surface area contributed by atoms with Crippen molar-refractivity contribution < 1.29 is 0 Å². The molecule has 0 aliphatic heterocycles. The molecule has 0 bridgehead atoms. The van der Waals surface area contributed by atoms with Crippen molar-refractivity contribution >= 4 is 0 Å². The third-order valence-corrected chi connectivity index (χ3v) is 1.23. The number of H-pyrrole nitrogens is 1. The second kappa shape index (κ2) is 2.62. The van der Waals surface area contributed by atoms with E-state index in [-0.39, 0.29) is 0 Å². The highest BCUT2D eigenvalue weighted by Gasteiger charge is 1.95. The number of hydrogen-bond acceptors (Lipinski definition) is 2. The van der Waals surface area contributed by atoms with Gasteiger partial charge in [0.25, 0.3) is 0 Å². The predicted octanol–water partition coefficient (Wildman–Crippen LogP) is 0.929. The molecular weight excluding hydrogens is 114 g/mol. The first-order valence-corrected chi connectivity index (χ1v) is 3.27. The first-order valence-electron chi connectivity index (χ1n) is 3.27. The lowest BCUT2D eigenvalue weighted by atomic mass is 10.4. The lowest BCUT2D eigenvalue weighted by molar-refractivity contribution is 0.936. The molecule has 0 amide bonds. The molecule has 3 nitrogen and oxygen atoms in total. The van der Waals surface area contributed by atoms with Crippen LogP contribution in [0, 0.1) is 0 Å². The van der Waals surface area contributed by atoms with Gasteiger partial charge in [-0.15, -0.1) is 0 Å². The third kappa shape index (κ3) is 1.28. The minimum Gasteiger partial charge on any atom is -0.263 e. The number of aromatic amines is 1. The minimum absolute atomic E-state index is 0.909. The molecule has 1 aromatic rings. The molecule has 0 aromatic carbocycles. The van der Waals surface area contributed by atoms with E-state index in [9.17, 15) is 0 Å². The maximum absolute atomic E-state index is 4.18. The Kier molecular flexibility index (Phi) is 1.82. The third-order valence-electron chi connectivity index (χ3n) is 1.23. The van der Waals surface area contributed by atoms with E-state index < -0.39 is 0 Å². The summed E-state index contributed by atoms with van der Waals surface area (Å²) in [6.07, 6.45) is 1.85. The topological polar surface area (TPSA) is 41.6 Å². The van der Waals surface area contributed by atoms with Gasteiger partial charge in [-0.1, -0.05) is 13.8 Å². The smallest absolute Gasteiger partial charge is 0.150 e. The zero-order valence-corrected chi connectivity index (χ0v) is 5.81. The van der Waals surface area contributed by atoms with Crippen LogP contribution in [0.2, 0.25) is 0 Å². The molecule has 3 heteroatoms. The van der Waals surface area contributed by atoms with Gasteiger partial charge < -0.3 is 0 Å². The van der Waals surface area contributed by atoms with E-state index in [0.29, 0.717) is 0 Å². The van der Waals surface area contributed by atoms with Crippen LogP contribution in [0.25, 0.3) is 0 Å². The Labute approximate surface area is 54.5 Å². The molecule has 0 saturated heterocycles. The summed E-state index contributed by atoms with van der Waals surface area (Å²) in [6, 6.07) is 0. The van der Waals surface area contributed by atoms with Gasteiger partial charge >= 0.3 is 0 Å². The standard InChI is InChI=1S/C6H11N3/c1-3-5-7-6(4-2)9-8-5/h3-4H2,1-2H3,(H,7,8,9). The van der Waals surface area contributed by atoms with E-state index in [1.54, 1.807) is 0 Å². The van der Waals surface area contributed by atoms with Gasteiger partial charge in [-0.3, -0.25) is 5.10 Å². The zero-order valence-electron chi connectivity index (χ0n) is 5.81. The highest BCUT2D eigenvalue weighted by molar-refractivity contribution is 4.88. The van der Waals surface area contributed by atoms with Crippen LogP contribution in [0.1, 0.15) is 25.5 Å². The number of aryl methyl sites for hydroxylation is 2. The largest absolute Gasteiger partial charge is 0.263 e. The molecule has 9 heavy (non-hydrogen) atoms. The van der Waals surface area contributed by atoms with Gasteiger partial charge in [-0.05, 0) is 0 Å². The van der Waals surface area contributed by atoms with E-state index in [0.717, 1.165) is 24.5 Å². The van der Waals surface area contributed by atoms with Crippen LogP contribution < -0.4 is 0 Å². The SMILES string of the molecule is CCc1n[nH]c(CC)n1. The van der Waals surface area contributed by atoms with Crippen molar-refractivity contribution in [2.24, 2.45) is 0 Å². The summed E-state index contributed by atoms with van der Waals surface area (Å²) in [5.41, 5.74) is 0. The molecule has 0 aliphatic carbocycles. The molecule has 1 aromatic heterocycles. The first-order chi connectivity index (χ1) is 4.36. The number of hydrogen-bond donors (Lipinski definition) is 1. The van der Waals surface area contributed by atoms with Crippen molar-refractivity contribution in [1.29, 1.82) is 0 Å². The Bertz CT molecular complexity index is 162. The summed E-state index contributed by atoms with van der Waals surface area (Å²) in [5.74, 6) is 1.89. The molecule has 50 valence electrons. The second-order valence-electron chi connectivity index (χ2n) is 1.91. The van der Waals surface area contributed by atoms with E-state index in [1.165, 1.54) is 0 Å². The number of aromatic nitrogens is 3. The van der Waals surface area contributed by atoms with Crippen LogP contribution in [0.4, 0.5) is 0 Å². The molecule has 0 fully saturated rings. The van der Waals surface area contributed by atoms with Crippen molar-refractivity contribution in [1.82, 2.24) is 15.2 Å². The van der Waals surface area contributed by atoms with E-state index >= 15 is 0 Å². The lowest BCUT2D eigenvalue weighted by Gasteiger charge is -1.80. The molecule has 0 radical (unpaired) electrons. The molecule has 0 spiro atoms. The fourth-order valence-corrected chi connectivity index (χ4v) is 0.651. The van der Waals surface area contributed by atoms with Crippen LogP contribution in [0.3, 0.4) is 0 Å². The van der Waals surface area contributed by atoms with Gasteiger partial charge in [0.15, 0.2) is 0 Å². The van der Waals surface area contributed by atoms with Crippen molar-refractivity contribution in [3.8, 4) is 0 Å². The number of nitrogens with one attached hydrogen (secondary N) is 1. The highest BCUT2D eigenvalue weighted by atomic mass is 15.2. The van der Waals surface area contributed by atoms with Crippen molar-refractivity contribution in [2.75, 3.05) is 0 Å². The monoisotopic (exact) mass is 125 g/mol. The summed E-state index contributed by atoms with van der Waals surface area (Å²) >= 11 is 0. The summed E-state index contributed by atoms with van der Waals surface area (Å²) < 4.78 is 0. The molecule has 0 saturated carbocycles. The van der Waals surface area contributed by atoms with Crippen LogP contribution in [-0.4, -0.2) is 15.2 Å². The Balaban J connectivity index is 2.74. The van der Waals surface area contributed by atoms with Gasteiger partial charge in [0.1, 0.15) is 11.6 Å². The molecule has 1 heterocycles. The maximum Gasteiger partial charge on any atom is 0.150 e. The van der Waals surface area contributed by atoms with Gasteiger partial charge in [-0.25, -0.2) is 4.98 Å². The average molecular weight is 125 g/mol. The first kappa shape index (κ1) is 6.26. The Morgan fingerprint density at radius 3 is 2.44 bits per heavy atom. The summed E-state index contributed by atoms with van der Waals surface area (Å²) in [7, 11) is 0. The molecular formula is C6H11N3. The zero-order chi connectivity index (χ0) is 6.69. The second-order valence-corrected chi connectivity index (χ2v) is 1.91. The van der Waals surface area contributed by atoms with E-state index in [1.807, 2.05) is 6.92 Å². The van der Waals surface area contributed by atoms with Gasteiger partial charge in [0.05, 0.1) is 0 Å². The Hall–Kier alpha value is -0.860. The van der Waals surface area contributed by atoms with Crippen LogP contribution >= 0.6 is 0 Å². The van der Waals surface area contributed by atoms with Crippen LogP contribution in [-0.2, 0) is 12.8 Å². The number of rotatable bonds is 2. The molecule has 0 aliphatic rings. The summed E-state index contributed by atoms with van der Waals surface area (Å²) in [4.78, 5) is 4.18. The molecule has 0 unspecified atom stereocenters. The van der Waals surface area contributed by atoms with Gasteiger partial charge in [-0.2, -0.15) is 5.10 Å². The number of nitrogens with zero attached hydrogens (tertiary/aromatic N) is 2. The summed E-state index contributed by atoms with van der Waals surface area (Å²) in [6.45, 7) is 4.10. The quantitative estimate of drug-likeness (QED) is 0.638. The van der Waals surface area contributed by atoms with Gasteiger partial charge in [0.2, 0.25) is 0 Å². The van der Waals surface area contributed by atoms with Gasteiger partial charge in [0, 0.05) is 12.8 Å². The lowest BCUT2D eigenvalue weighted by Crippen LogP contribution is -1.83. The maximum atomic E-state index is 4.18. The van der Waals surface area contributed by atoms with Crippen molar-refractivity contribution in [2.45, 2.75) is 26.7 Å². The molecule has 0 atom stereocenters. The van der Waals surface area contributed by atoms with E-state index in [2.05, 4.69) is 22.1 Å². The fraction of sp³-hybridized carbons (Fsp3) is 0.667. The molecule has 1 rings (SSSR count). The summed E-state index contributed by atoms with van der Waals surface area (Å²) in [5, 5.41) is 6.81. The highest BCUT2D eigenvalue weighted by Crippen LogP contribution is 1.92. The van der Waals surface area contributed by atoms with Crippen molar-refractivity contribution in [3.05, 3.63) is 11.6 Å². The van der Waals surface area contributed by atoms with Crippen molar-refractivity contribution in [3.63, 3.8) is 0 Å². The normalized spacial score (nSPS) is 10.0. The van der Waals surface area contributed by atoms with Crippen LogP contribution in [0.15, 0.2) is 0 Å². The average Bonchev–Trinajstić information content (AvgIpc) is 2.34. The van der Waals surface area contributed by atoms with E-state index in [4.69, 9.17) is 0 Å². The predicted molar refractivity (Wildman–Crippen MR) is 35.1 cm³/mol. The fourth-order valence-electron chi connectivity index (χ4n) is 0.651. The molecule has 1 N–H and O–H groups in total. The Morgan fingerprint density at radius 1 is 1.33 bits per heavy atom.